The second-order valence-electron chi connectivity index (χ2n) is 10.7. The molecule has 2 heterocycles. The van der Waals surface area contributed by atoms with Gasteiger partial charge in [-0.3, -0.25) is 9.69 Å². The smallest absolute Gasteiger partial charge is 0.410 e. The second kappa shape index (κ2) is 12.4. The van der Waals surface area contributed by atoms with E-state index >= 15 is 0 Å². The molecule has 0 saturated carbocycles. The first-order valence-corrected chi connectivity index (χ1v) is 13.5. The number of hydrogen-bond acceptors (Lipinski definition) is 8. The van der Waals surface area contributed by atoms with Crippen molar-refractivity contribution in [1.82, 2.24) is 19.9 Å². The lowest BCUT2D eigenvalue weighted by Gasteiger charge is -2.38. The molecular formula is C27H38N6O3S. The van der Waals surface area contributed by atoms with E-state index in [4.69, 9.17) is 10.00 Å². The molecule has 0 bridgehead atoms. The summed E-state index contributed by atoms with van der Waals surface area (Å²) in [6, 6.07) is 9.25. The van der Waals surface area contributed by atoms with E-state index in [-0.39, 0.29) is 30.5 Å². The first kappa shape index (κ1) is 28.4. The van der Waals surface area contributed by atoms with Gasteiger partial charge in [-0.2, -0.15) is 9.64 Å². The van der Waals surface area contributed by atoms with E-state index in [2.05, 4.69) is 34.2 Å². The minimum Gasteiger partial charge on any atom is -0.444 e. The van der Waals surface area contributed by atoms with Crippen LogP contribution in [0.5, 0.6) is 0 Å². The number of nitrogens with one attached hydrogen (secondary N) is 3. The monoisotopic (exact) mass is 526 g/mol. The van der Waals surface area contributed by atoms with E-state index in [9.17, 15) is 9.59 Å². The lowest BCUT2D eigenvalue weighted by molar-refractivity contribution is -0.121. The molecule has 10 heteroatoms. The van der Waals surface area contributed by atoms with Gasteiger partial charge in [0.25, 0.3) is 0 Å². The highest BCUT2D eigenvalue weighted by atomic mass is 32.1. The van der Waals surface area contributed by atoms with Gasteiger partial charge in [0, 0.05) is 25.2 Å². The van der Waals surface area contributed by atoms with Crippen LogP contribution in [-0.2, 0) is 9.53 Å². The quantitative estimate of drug-likeness (QED) is 0.434. The fourth-order valence-corrected chi connectivity index (χ4v) is 5.30. The van der Waals surface area contributed by atoms with Crippen molar-refractivity contribution < 1.29 is 14.3 Å². The van der Waals surface area contributed by atoms with Crippen molar-refractivity contribution in [3.63, 3.8) is 0 Å². The van der Waals surface area contributed by atoms with Gasteiger partial charge in [0.1, 0.15) is 23.2 Å². The van der Waals surface area contributed by atoms with Crippen LogP contribution in [0.25, 0.3) is 11.1 Å². The lowest BCUT2D eigenvalue weighted by atomic mass is 9.93. The summed E-state index contributed by atoms with van der Waals surface area (Å²) in [6.45, 7) is 13.5. The van der Waals surface area contributed by atoms with Gasteiger partial charge < -0.3 is 20.7 Å². The zero-order valence-corrected chi connectivity index (χ0v) is 23.4. The number of amides is 2. The third kappa shape index (κ3) is 7.43. The molecule has 2 amide bonds. The molecule has 9 nitrogen and oxygen atoms in total. The Hall–Kier alpha value is -3.16. The highest BCUT2D eigenvalue weighted by Gasteiger charge is 2.33. The first-order valence-electron chi connectivity index (χ1n) is 12.7. The fraction of sp³-hybridized carbons (Fsp3) is 0.556. The predicted molar refractivity (Wildman–Crippen MR) is 146 cm³/mol. The van der Waals surface area contributed by atoms with Gasteiger partial charge in [0.15, 0.2) is 0 Å². The van der Waals surface area contributed by atoms with Gasteiger partial charge in [-0.15, -0.1) is 0 Å². The SMILES string of the molecule is Cc1nsc(N[C@@H](CC(C)C)C(=O)NCC#N)c1-c1ccccc1C1CNCCN1C(=O)OC(C)(C)C. The summed E-state index contributed by atoms with van der Waals surface area (Å²) in [5, 5.41) is 19.2. The Morgan fingerprint density at radius 3 is 2.73 bits per heavy atom. The number of benzene rings is 1. The molecule has 1 unspecified atom stereocenters. The predicted octanol–water partition coefficient (Wildman–Crippen LogP) is 4.47. The molecule has 200 valence electrons. The van der Waals surface area contributed by atoms with Gasteiger partial charge in [-0.25, -0.2) is 4.79 Å². The molecule has 3 rings (SSSR count). The number of carbonyl (C=O) groups is 2. The number of aromatic nitrogens is 1. The van der Waals surface area contributed by atoms with Crippen molar-refractivity contribution >= 4 is 28.5 Å². The van der Waals surface area contributed by atoms with E-state index in [0.717, 1.165) is 27.4 Å². The number of piperazine rings is 1. The lowest BCUT2D eigenvalue weighted by Crippen LogP contribution is -2.50. The van der Waals surface area contributed by atoms with E-state index in [1.807, 2.05) is 58.0 Å². The Labute approximate surface area is 223 Å². The summed E-state index contributed by atoms with van der Waals surface area (Å²) in [7, 11) is 0. The Balaban J connectivity index is 1.99. The maximum absolute atomic E-state index is 13.1. The van der Waals surface area contributed by atoms with Gasteiger partial charge >= 0.3 is 6.09 Å². The van der Waals surface area contributed by atoms with E-state index in [1.165, 1.54) is 11.5 Å². The minimum atomic E-state index is -0.589. The van der Waals surface area contributed by atoms with E-state index in [0.29, 0.717) is 26.1 Å². The zero-order chi connectivity index (χ0) is 27.2. The molecule has 2 atom stereocenters. The molecule has 1 fully saturated rings. The van der Waals surface area contributed by atoms with Crippen molar-refractivity contribution in [2.75, 3.05) is 31.5 Å². The van der Waals surface area contributed by atoms with Crippen LogP contribution in [0.1, 0.15) is 58.3 Å². The maximum Gasteiger partial charge on any atom is 0.410 e. The number of carbonyl (C=O) groups excluding carboxylic acids is 2. The molecule has 0 spiro atoms. The molecule has 1 aliphatic heterocycles. The zero-order valence-electron chi connectivity index (χ0n) is 22.6. The molecule has 0 aliphatic carbocycles. The standard InChI is InChI=1S/C27H38N6O3S/c1-17(2)15-21(24(34)30-12-11-28)31-25-23(18(3)32-37-25)20-10-8-7-9-19(20)22-16-29-13-14-33(22)26(35)36-27(4,5)6/h7-10,17,21-22,29,31H,12-16H2,1-6H3,(H,30,34)/t21-,22?/m0/s1. The summed E-state index contributed by atoms with van der Waals surface area (Å²) in [5.74, 6) is 0.0545. The molecule has 0 radical (unpaired) electrons. The van der Waals surface area contributed by atoms with E-state index < -0.39 is 11.6 Å². The minimum absolute atomic E-state index is 0.0400. The summed E-state index contributed by atoms with van der Waals surface area (Å²) < 4.78 is 10.3. The summed E-state index contributed by atoms with van der Waals surface area (Å²) >= 11 is 1.31. The molecule has 37 heavy (non-hydrogen) atoms. The molecule has 3 N–H and O–H groups in total. The van der Waals surface area contributed by atoms with Crippen LogP contribution in [-0.4, -0.2) is 59.1 Å². The van der Waals surface area contributed by atoms with Crippen molar-refractivity contribution in [3.05, 3.63) is 35.5 Å². The molecule has 1 aromatic carbocycles. The van der Waals surface area contributed by atoms with Gasteiger partial charge in [-0.05, 0) is 62.7 Å². The van der Waals surface area contributed by atoms with Crippen LogP contribution < -0.4 is 16.0 Å². The highest BCUT2D eigenvalue weighted by Crippen LogP contribution is 2.40. The topological polar surface area (TPSA) is 119 Å². The van der Waals surface area contributed by atoms with Crippen LogP contribution in [0.3, 0.4) is 0 Å². The molecule has 2 aromatic rings. The normalized spacial score (nSPS) is 16.7. The number of hydrogen-bond donors (Lipinski definition) is 3. The molecular weight excluding hydrogens is 488 g/mol. The summed E-state index contributed by atoms with van der Waals surface area (Å²) in [5.41, 5.74) is 3.11. The van der Waals surface area contributed by atoms with E-state index in [1.54, 1.807) is 4.90 Å². The molecule has 1 aliphatic rings. The number of anilines is 1. The highest BCUT2D eigenvalue weighted by molar-refractivity contribution is 7.11. The third-order valence-electron chi connectivity index (χ3n) is 5.99. The van der Waals surface area contributed by atoms with Gasteiger partial charge in [0.05, 0.1) is 17.8 Å². The maximum atomic E-state index is 13.1. The Morgan fingerprint density at radius 2 is 2.05 bits per heavy atom. The van der Waals surface area contributed by atoms with Gasteiger partial charge in [0.2, 0.25) is 5.91 Å². The molecule has 1 aromatic heterocycles. The largest absolute Gasteiger partial charge is 0.444 e. The number of ether oxygens (including phenoxy) is 1. The summed E-state index contributed by atoms with van der Waals surface area (Å²) in [4.78, 5) is 27.8. The van der Waals surface area contributed by atoms with Crippen LogP contribution in [0.2, 0.25) is 0 Å². The summed E-state index contributed by atoms with van der Waals surface area (Å²) in [6.07, 6.45) is 0.271. The Morgan fingerprint density at radius 1 is 1.32 bits per heavy atom. The third-order valence-corrected chi connectivity index (χ3v) is 6.86. The first-order chi connectivity index (χ1) is 17.5. The van der Waals surface area contributed by atoms with Crippen molar-refractivity contribution in [3.8, 4) is 17.2 Å². The second-order valence-corrected chi connectivity index (χ2v) is 11.4. The van der Waals surface area contributed by atoms with Crippen molar-refractivity contribution in [2.45, 2.75) is 65.6 Å². The van der Waals surface area contributed by atoms with Crippen LogP contribution >= 0.6 is 11.5 Å². The van der Waals surface area contributed by atoms with Crippen molar-refractivity contribution in [1.29, 1.82) is 5.26 Å². The Kier molecular flexibility index (Phi) is 9.51. The average molecular weight is 527 g/mol. The van der Waals surface area contributed by atoms with Crippen LogP contribution in [0.15, 0.2) is 24.3 Å². The number of aryl methyl sites for hydroxylation is 1. The van der Waals surface area contributed by atoms with Crippen LogP contribution in [0.4, 0.5) is 9.80 Å². The molecule has 1 saturated heterocycles. The average Bonchev–Trinajstić information content (AvgIpc) is 3.20. The van der Waals surface area contributed by atoms with Crippen LogP contribution in [0, 0.1) is 24.2 Å². The number of rotatable bonds is 8. The van der Waals surface area contributed by atoms with Crippen molar-refractivity contribution in [2.24, 2.45) is 5.92 Å². The number of nitrogens with zero attached hydrogens (tertiary/aromatic N) is 3. The Bertz CT molecular complexity index is 1130. The van der Waals surface area contributed by atoms with Gasteiger partial charge in [-0.1, -0.05) is 38.1 Å². The number of nitriles is 1. The fourth-order valence-electron chi connectivity index (χ4n) is 4.43.